The Morgan fingerprint density at radius 2 is 2.00 bits per heavy atom. The number of aromatic nitrogens is 1. The zero-order chi connectivity index (χ0) is 15.2. The molecule has 7 heteroatoms. The summed E-state index contributed by atoms with van der Waals surface area (Å²) in [6, 6.07) is 11.2. The molecule has 0 saturated heterocycles. The van der Waals surface area contributed by atoms with E-state index in [9.17, 15) is 4.79 Å². The molecule has 1 heterocycles. The maximum Gasteiger partial charge on any atom is 0.270 e. The van der Waals surface area contributed by atoms with Gasteiger partial charge in [0, 0.05) is 6.20 Å². The van der Waals surface area contributed by atoms with Crippen LogP contribution in [0.15, 0.2) is 53.8 Å². The van der Waals surface area contributed by atoms with Gasteiger partial charge in [-0.25, -0.2) is 4.98 Å². The Labute approximate surface area is 126 Å². The highest BCUT2D eigenvalue weighted by Crippen LogP contribution is 2.14. The van der Waals surface area contributed by atoms with Gasteiger partial charge in [-0.05, 0) is 17.7 Å². The first kappa shape index (κ1) is 14.8. The lowest BCUT2D eigenvalue weighted by molar-refractivity contribution is 0.0941. The van der Waals surface area contributed by atoms with E-state index in [-0.39, 0.29) is 11.5 Å². The van der Waals surface area contributed by atoms with E-state index >= 15 is 0 Å². The highest BCUT2D eigenvalue weighted by molar-refractivity contribution is 6.30. The van der Waals surface area contributed by atoms with Crippen molar-refractivity contribution in [3.8, 4) is 0 Å². The zero-order valence-electron chi connectivity index (χ0n) is 10.9. The van der Waals surface area contributed by atoms with Gasteiger partial charge in [-0.1, -0.05) is 47.1 Å². The van der Waals surface area contributed by atoms with Gasteiger partial charge in [-0.2, -0.15) is 0 Å². The van der Waals surface area contributed by atoms with Crippen molar-refractivity contribution in [2.45, 2.75) is 6.04 Å². The van der Waals surface area contributed by atoms with Crippen LogP contribution in [-0.4, -0.2) is 21.9 Å². The lowest BCUT2D eigenvalue weighted by Gasteiger charge is -2.17. The maximum absolute atomic E-state index is 12.2. The quantitative estimate of drug-likeness (QED) is 0.348. The molecular formula is C14H13ClN4O2. The Bertz CT molecular complexity index is 644. The summed E-state index contributed by atoms with van der Waals surface area (Å²) in [5.41, 5.74) is 6.52. The summed E-state index contributed by atoms with van der Waals surface area (Å²) in [5, 5.41) is 14.9. The van der Waals surface area contributed by atoms with Crippen molar-refractivity contribution in [3.05, 3.63) is 64.9 Å². The van der Waals surface area contributed by atoms with E-state index in [0.717, 1.165) is 0 Å². The van der Waals surface area contributed by atoms with Gasteiger partial charge >= 0.3 is 0 Å². The van der Waals surface area contributed by atoms with Gasteiger partial charge in [0.25, 0.3) is 5.91 Å². The Morgan fingerprint density at radius 3 is 2.57 bits per heavy atom. The molecule has 1 amide bonds. The average Bonchev–Trinajstić information content (AvgIpc) is 2.53. The van der Waals surface area contributed by atoms with Crippen molar-refractivity contribution in [1.29, 1.82) is 0 Å². The summed E-state index contributed by atoms with van der Waals surface area (Å²) in [5.74, 6) is -0.573. The van der Waals surface area contributed by atoms with Crippen molar-refractivity contribution in [2.24, 2.45) is 10.9 Å². The molecular weight excluding hydrogens is 292 g/mol. The molecule has 1 aromatic carbocycles. The number of amidine groups is 1. The third-order valence-electron chi connectivity index (χ3n) is 2.78. The maximum atomic E-state index is 12.2. The summed E-state index contributed by atoms with van der Waals surface area (Å²) < 4.78 is 0. The van der Waals surface area contributed by atoms with Crippen LogP contribution < -0.4 is 11.1 Å². The molecule has 2 rings (SSSR count). The number of hydrogen-bond donors (Lipinski definition) is 3. The van der Waals surface area contributed by atoms with Crippen LogP contribution in [0.1, 0.15) is 22.1 Å². The molecule has 0 spiro atoms. The summed E-state index contributed by atoms with van der Waals surface area (Å²) >= 11 is 5.72. The molecule has 4 N–H and O–H groups in total. The first-order chi connectivity index (χ1) is 10.1. The van der Waals surface area contributed by atoms with Crippen LogP contribution >= 0.6 is 11.6 Å². The average molecular weight is 305 g/mol. The number of carbonyl (C=O) groups excluding carboxylic acids is 1. The normalized spacial score (nSPS) is 12.7. The number of hydrogen-bond acceptors (Lipinski definition) is 4. The van der Waals surface area contributed by atoms with Crippen molar-refractivity contribution in [3.63, 3.8) is 0 Å². The van der Waals surface area contributed by atoms with E-state index < -0.39 is 11.9 Å². The van der Waals surface area contributed by atoms with Gasteiger partial charge in [0.05, 0.1) is 5.02 Å². The second-order valence-electron chi connectivity index (χ2n) is 4.20. The molecule has 0 saturated carbocycles. The molecule has 1 atom stereocenters. The molecule has 2 aromatic rings. The van der Waals surface area contributed by atoms with Crippen molar-refractivity contribution >= 4 is 23.3 Å². The topological polar surface area (TPSA) is 101 Å². The van der Waals surface area contributed by atoms with Crippen LogP contribution in [0, 0.1) is 0 Å². The van der Waals surface area contributed by atoms with E-state index in [2.05, 4.69) is 15.5 Å². The Balaban J connectivity index is 2.23. The molecule has 1 aromatic heterocycles. The lowest BCUT2D eigenvalue weighted by atomic mass is 10.1. The molecule has 0 aliphatic carbocycles. The molecule has 6 nitrogen and oxygen atoms in total. The number of amides is 1. The molecule has 0 aliphatic rings. The van der Waals surface area contributed by atoms with Gasteiger partial charge in [-0.3, -0.25) is 4.79 Å². The second-order valence-corrected chi connectivity index (χ2v) is 4.64. The predicted molar refractivity (Wildman–Crippen MR) is 79.3 cm³/mol. The van der Waals surface area contributed by atoms with Crippen LogP contribution in [0.5, 0.6) is 0 Å². The monoisotopic (exact) mass is 304 g/mol. The Hall–Kier alpha value is -2.60. The number of halogens is 1. The Kier molecular flexibility index (Phi) is 4.73. The molecule has 0 bridgehead atoms. The van der Waals surface area contributed by atoms with Crippen molar-refractivity contribution < 1.29 is 10.0 Å². The van der Waals surface area contributed by atoms with Gasteiger partial charge < -0.3 is 16.3 Å². The lowest BCUT2D eigenvalue weighted by Crippen LogP contribution is -2.38. The van der Waals surface area contributed by atoms with Gasteiger partial charge in [0.15, 0.2) is 5.84 Å². The number of nitrogens with zero attached hydrogens (tertiary/aromatic N) is 2. The molecule has 0 aliphatic heterocycles. The predicted octanol–water partition coefficient (Wildman–Crippen LogP) is 1.95. The van der Waals surface area contributed by atoms with E-state index in [1.165, 1.54) is 12.3 Å². The summed E-state index contributed by atoms with van der Waals surface area (Å²) in [4.78, 5) is 16.1. The highest BCUT2D eigenvalue weighted by Gasteiger charge is 2.20. The summed E-state index contributed by atoms with van der Waals surface area (Å²) in [6.45, 7) is 0. The minimum atomic E-state index is -0.749. The minimum absolute atomic E-state index is 0.122. The van der Waals surface area contributed by atoms with Crippen molar-refractivity contribution in [1.82, 2.24) is 10.3 Å². The van der Waals surface area contributed by atoms with Gasteiger partial charge in [0.2, 0.25) is 0 Å². The standard InChI is InChI=1S/C14H13ClN4O2/c15-10-6-7-11(17-8-10)14(20)18-12(13(16)19-21)9-4-2-1-3-5-9/h1-8,12,21H,(H2,16,19)(H,18,20). The molecule has 0 radical (unpaired) electrons. The van der Waals surface area contributed by atoms with E-state index in [1.54, 1.807) is 30.3 Å². The fraction of sp³-hybridized carbons (Fsp3) is 0.0714. The molecule has 108 valence electrons. The van der Waals surface area contributed by atoms with Crippen LogP contribution in [0.4, 0.5) is 0 Å². The molecule has 21 heavy (non-hydrogen) atoms. The number of oxime groups is 1. The van der Waals surface area contributed by atoms with E-state index in [4.69, 9.17) is 22.5 Å². The van der Waals surface area contributed by atoms with Crippen molar-refractivity contribution in [2.75, 3.05) is 0 Å². The van der Waals surface area contributed by atoms with Crippen LogP contribution in [-0.2, 0) is 0 Å². The van der Waals surface area contributed by atoms with Gasteiger partial charge in [-0.15, -0.1) is 0 Å². The highest BCUT2D eigenvalue weighted by atomic mass is 35.5. The third kappa shape index (κ3) is 3.70. The number of benzene rings is 1. The molecule has 1 unspecified atom stereocenters. The minimum Gasteiger partial charge on any atom is -0.409 e. The Morgan fingerprint density at radius 1 is 1.29 bits per heavy atom. The number of carbonyl (C=O) groups is 1. The zero-order valence-corrected chi connectivity index (χ0v) is 11.7. The summed E-state index contributed by atoms with van der Waals surface area (Å²) in [7, 11) is 0. The van der Waals surface area contributed by atoms with Gasteiger partial charge in [0.1, 0.15) is 11.7 Å². The smallest absolute Gasteiger partial charge is 0.270 e. The van der Waals surface area contributed by atoms with Crippen LogP contribution in [0.2, 0.25) is 5.02 Å². The second kappa shape index (κ2) is 6.71. The first-order valence-corrected chi connectivity index (χ1v) is 6.44. The third-order valence-corrected chi connectivity index (χ3v) is 3.00. The first-order valence-electron chi connectivity index (χ1n) is 6.06. The van der Waals surface area contributed by atoms with Crippen LogP contribution in [0.25, 0.3) is 0 Å². The fourth-order valence-corrected chi connectivity index (χ4v) is 1.86. The van der Waals surface area contributed by atoms with E-state index in [0.29, 0.717) is 10.6 Å². The van der Waals surface area contributed by atoms with E-state index in [1.807, 2.05) is 6.07 Å². The summed E-state index contributed by atoms with van der Waals surface area (Å²) in [6.07, 6.45) is 1.37. The fourth-order valence-electron chi connectivity index (χ4n) is 1.75. The largest absolute Gasteiger partial charge is 0.409 e. The number of nitrogens with two attached hydrogens (primary N) is 1. The molecule has 0 fully saturated rings. The number of nitrogens with one attached hydrogen (secondary N) is 1. The number of pyridine rings is 1. The number of rotatable bonds is 4. The SMILES string of the molecule is NC(=NO)C(NC(=O)c1ccc(Cl)cn1)c1ccccc1. The van der Waals surface area contributed by atoms with Crippen LogP contribution in [0.3, 0.4) is 0 Å².